The van der Waals surface area contributed by atoms with Crippen LogP contribution in [0.15, 0.2) is 47.6 Å². The fourth-order valence-corrected chi connectivity index (χ4v) is 4.12. The number of benzene rings is 1. The Morgan fingerprint density at radius 2 is 1.76 bits per heavy atom. The number of piperidine rings is 1. The molecule has 9 nitrogen and oxygen atoms in total. The molecular formula is C23H20F4N6O3S. The second-order valence-corrected chi connectivity index (χ2v) is 8.43. The largest absolute Gasteiger partial charge is 0.458 e. The maximum atomic E-state index is 14.3. The van der Waals surface area contributed by atoms with Gasteiger partial charge in [-0.25, -0.2) is 24.3 Å². The fourth-order valence-electron chi connectivity index (χ4n) is 4.12. The monoisotopic (exact) mass is 536 g/mol. The highest BCUT2D eigenvalue weighted by molar-refractivity contribution is 7.51. The summed E-state index contributed by atoms with van der Waals surface area (Å²) < 4.78 is 74.9. The number of aryl methyl sites for hydroxylation is 1. The van der Waals surface area contributed by atoms with Crippen LogP contribution in [0.2, 0.25) is 0 Å². The van der Waals surface area contributed by atoms with Gasteiger partial charge in [0.2, 0.25) is 5.95 Å². The zero-order valence-corrected chi connectivity index (χ0v) is 20.1. The maximum Gasteiger partial charge on any atom is 0.419 e. The van der Waals surface area contributed by atoms with E-state index in [4.69, 9.17) is 12.8 Å². The second-order valence-electron chi connectivity index (χ2n) is 8.30. The Morgan fingerprint density at radius 1 is 1.08 bits per heavy atom. The molecule has 4 heterocycles. The standard InChI is InChI=1S/C23H20F4N6O.O2S/c1-13-2-3-18(17(24)8-13)32-21-20-19(30-12-31-21)16(11-34-20)14-4-6-33(7-5-14)22-28-9-15(10-29-22)23(25,26)27;1-3-2/h2-3,8-12,14H,4-7H2,1H3,(H,30,31,32);. The first-order valence-electron chi connectivity index (χ1n) is 11.0. The molecule has 3 aromatic heterocycles. The summed E-state index contributed by atoms with van der Waals surface area (Å²) in [6.07, 6.45) is 1.64. The minimum Gasteiger partial charge on any atom is -0.458 e. The van der Waals surface area contributed by atoms with Gasteiger partial charge in [0.25, 0.3) is 0 Å². The van der Waals surface area contributed by atoms with E-state index in [0.29, 0.717) is 30.0 Å². The minimum atomic E-state index is -4.46. The summed E-state index contributed by atoms with van der Waals surface area (Å²) in [4.78, 5) is 18.2. The van der Waals surface area contributed by atoms with Crippen molar-refractivity contribution in [1.29, 1.82) is 0 Å². The summed E-state index contributed by atoms with van der Waals surface area (Å²) in [5.41, 5.74) is 2.22. The number of fused-ring (bicyclic) bond motifs is 1. The van der Waals surface area contributed by atoms with Crippen molar-refractivity contribution in [2.24, 2.45) is 0 Å². The molecule has 1 aliphatic rings. The highest BCUT2D eigenvalue weighted by Gasteiger charge is 2.32. The Hall–Kier alpha value is -3.94. The van der Waals surface area contributed by atoms with Gasteiger partial charge in [-0.2, -0.15) is 21.6 Å². The van der Waals surface area contributed by atoms with E-state index in [-0.39, 0.29) is 17.6 Å². The van der Waals surface area contributed by atoms with Crippen LogP contribution in [-0.4, -0.2) is 41.4 Å². The van der Waals surface area contributed by atoms with Gasteiger partial charge >= 0.3 is 17.7 Å². The lowest BCUT2D eigenvalue weighted by atomic mass is 9.90. The topological polar surface area (TPSA) is 114 Å². The summed E-state index contributed by atoms with van der Waals surface area (Å²) in [5.74, 6) is 0.384. The van der Waals surface area contributed by atoms with Gasteiger partial charge in [0.05, 0.1) is 17.5 Å². The highest BCUT2D eigenvalue weighted by Crippen LogP contribution is 2.37. The van der Waals surface area contributed by atoms with Crippen molar-refractivity contribution in [2.45, 2.75) is 31.9 Å². The van der Waals surface area contributed by atoms with Crippen LogP contribution in [-0.2, 0) is 17.7 Å². The maximum absolute atomic E-state index is 14.3. The number of nitrogens with one attached hydrogen (secondary N) is 1. The van der Waals surface area contributed by atoms with Crippen LogP contribution >= 0.6 is 0 Å². The lowest BCUT2D eigenvalue weighted by molar-refractivity contribution is -0.138. The molecule has 1 aliphatic heterocycles. The SMILES string of the molecule is Cc1ccc(Nc2ncnc3c(C4CCN(c5ncc(C(F)(F)F)cn5)CC4)coc23)c(F)c1.O=S=O. The van der Waals surface area contributed by atoms with E-state index in [9.17, 15) is 17.6 Å². The van der Waals surface area contributed by atoms with Gasteiger partial charge in [0.1, 0.15) is 17.7 Å². The first kappa shape index (κ1) is 26.1. The predicted molar refractivity (Wildman–Crippen MR) is 126 cm³/mol. The van der Waals surface area contributed by atoms with Crippen LogP contribution in [0, 0.1) is 12.7 Å². The number of anilines is 3. The molecule has 1 saturated heterocycles. The van der Waals surface area contributed by atoms with E-state index in [0.717, 1.165) is 36.4 Å². The Morgan fingerprint density at radius 3 is 2.38 bits per heavy atom. The lowest BCUT2D eigenvalue weighted by Crippen LogP contribution is -2.34. The van der Waals surface area contributed by atoms with Crippen molar-refractivity contribution >= 4 is 40.1 Å². The zero-order valence-electron chi connectivity index (χ0n) is 19.3. The van der Waals surface area contributed by atoms with E-state index in [1.54, 1.807) is 18.4 Å². The first-order chi connectivity index (χ1) is 17.7. The Labute approximate surface area is 211 Å². The summed E-state index contributed by atoms with van der Waals surface area (Å²) in [6, 6.07) is 4.87. The van der Waals surface area contributed by atoms with Gasteiger partial charge in [-0.3, -0.25) is 0 Å². The van der Waals surface area contributed by atoms with Gasteiger partial charge in [0.15, 0.2) is 11.4 Å². The van der Waals surface area contributed by atoms with Crippen LogP contribution in [0.4, 0.5) is 35.0 Å². The average Bonchev–Trinajstić information content (AvgIpc) is 3.31. The molecule has 0 spiro atoms. The van der Waals surface area contributed by atoms with Crippen molar-refractivity contribution in [2.75, 3.05) is 23.3 Å². The summed E-state index contributed by atoms with van der Waals surface area (Å²) in [7, 11) is 0. The molecule has 194 valence electrons. The molecule has 0 aliphatic carbocycles. The summed E-state index contributed by atoms with van der Waals surface area (Å²) in [5, 5.41) is 2.98. The number of alkyl halides is 3. The third-order valence-electron chi connectivity index (χ3n) is 5.94. The number of nitrogens with zero attached hydrogens (tertiary/aromatic N) is 5. The molecule has 0 saturated carbocycles. The molecule has 1 fully saturated rings. The van der Waals surface area contributed by atoms with Gasteiger partial charge in [-0.1, -0.05) is 6.07 Å². The highest BCUT2D eigenvalue weighted by atomic mass is 32.1. The third-order valence-corrected chi connectivity index (χ3v) is 5.94. The van der Waals surface area contributed by atoms with E-state index in [2.05, 4.69) is 25.3 Å². The van der Waals surface area contributed by atoms with Crippen LogP contribution in [0.5, 0.6) is 0 Å². The average molecular weight is 537 g/mol. The second kappa shape index (κ2) is 11.0. The molecule has 0 amide bonds. The van der Waals surface area contributed by atoms with Crippen molar-refractivity contribution in [3.05, 3.63) is 65.7 Å². The quantitative estimate of drug-likeness (QED) is 0.362. The number of halogens is 4. The van der Waals surface area contributed by atoms with Crippen LogP contribution in [0.25, 0.3) is 11.1 Å². The van der Waals surface area contributed by atoms with E-state index < -0.39 is 29.1 Å². The zero-order chi connectivity index (χ0) is 26.6. The fraction of sp³-hybridized carbons (Fsp3) is 0.304. The van der Waals surface area contributed by atoms with Crippen LogP contribution in [0.3, 0.4) is 0 Å². The smallest absolute Gasteiger partial charge is 0.419 e. The Kier molecular flexibility index (Phi) is 7.76. The van der Waals surface area contributed by atoms with Gasteiger partial charge in [0, 0.05) is 31.0 Å². The molecule has 0 atom stereocenters. The molecule has 5 rings (SSSR count). The Balaban J connectivity index is 0.00000102. The molecule has 1 aromatic carbocycles. The van der Waals surface area contributed by atoms with Crippen LogP contribution in [0.1, 0.15) is 35.4 Å². The Bertz CT molecular complexity index is 1420. The number of hydrogen-bond donors (Lipinski definition) is 1. The number of aromatic nitrogens is 4. The van der Waals surface area contributed by atoms with E-state index in [1.807, 2.05) is 11.8 Å². The van der Waals surface area contributed by atoms with Crippen molar-refractivity contribution in [1.82, 2.24) is 19.9 Å². The van der Waals surface area contributed by atoms with Crippen molar-refractivity contribution < 1.29 is 30.4 Å². The van der Waals surface area contributed by atoms with Gasteiger partial charge in [-0.05, 0) is 43.4 Å². The first-order valence-corrected chi connectivity index (χ1v) is 11.7. The van der Waals surface area contributed by atoms with Crippen molar-refractivity contribution in [3.63, 3.8) is 0 Å². The lowest BCUT2D eigenvalue weighted by Gasteiger charge is -2.31. The number of hydrogen-bond acceptors (Lipinski definition) is 9. The molecule has 1 N–H and O–H groups in total. The predicted octanol–water partition coefficient (Wildman–Crippen LogP) is 4.94. The van der Waals surface area contributed by atoms with Crippen LogP contribution < -0.4 is 10.2 Å². The van der Waals surface area contributed by atoms with Crippen molar-refractivity contribution in [3.8, 4) is 0 Å². The van der Waals surface area contributed by atoms with E-state index in [1.165, 1.54) is 12.4 Å². The van der Waals surface area contributed by atoms with Gasteiger partial charge in [-0.15, -0.1) is 0 Å². The minimum absolute atomic E-state index is 0.130. The third kappa shape index (κ3) is 5.90. The summed E-state index contributed by atoms with van der Waals surface area (Å²) >= 11 is -0.750. The molecule has 14 heteroatoms. The molecule has 0 unspecified atom stereocenters. The molecular weight excluding hydrogens is 516 g/mol. The number of furan rings is 1. The van der Waals surface area contributed by atoms with Gasteiger partial charge < -0.3 is 14.6 Å². The molecule has 37 heavy (non-hydrogen) atoms. The molecule has 0 radical (unpaired) electrons. The summed E-state index contributed by atoms with van der Waals surface area (Å²) in [6.45, 7) is 2.96. The normalized spacial score (nSPS) is 14.2. The molecule has 0 bridgehead atoms. The van der Waals surface area contributed by atoms with E-state index >= 15 is 0 Å². The molecule has 4 aromatic rings. The number of rotatable bonds is 4.